The van der Waals surface area contributed by atoms with Crippen molar-refractivity contribution in [1.82, 2.24) is 25.6 Å². The van der Waals surface area contributed by atoms with E-state index < -0.39 is 15.8 Å². The number of nitrogens with zero attached hydrogens (tertiary/aromatic N) is 4. The maximum Gasteiger partial charge on any atom is 0.261 e. The van der Waals surface area contributed by atoms with Gasteiger partial charge in [0.05, 0.1) is 15.6 Å². The number of H-pyrrole nitrogens is 1. The molecule has 0 atom stereocenters. The zero-order valence-corrected chi connectivity index (χ0v) is 18.7. The van der Waals surface area contributed by atoms with Gasteiger partial charge in [-0.3, -0.25) is 9.52 Å². The summed E-state index contributed by atoms with van der Waals surface area (Å²) in [5.74, 6) is -0.339. The highest BCUT2D eigenvalue weighted by atomic mass is 35.5. The molecular weight excluding hydrogens is 475 g/mol. The number of carbonyl (C=O) groups is 1. The molecule has 162 valence electrons. The van der Waals surface area contributed by atoms with Gasteiger partial charge in [-0.2, -0.15) is 5.21 Å². The van der Waals surface area contributed by atoms with Gasteiger partial charge in [0.2, 0.25) is 11.6 Å². The third kappa shape index (κ3) is 4.33. The Morgan fingerprint density at radius 1 is 1.09 bits per heavy atom. The zero-order chi connectivity index (χ0) is 22.9. The van der Waals surface area contributed by atoms with E-state index in [1.807, 2.05) is 0 Å². The normalized spacial score (nSPS) is 11.3. The van der Waals surface area contributed by atoms with Crippen LogP contribution in [0.15, 0.2) is 59.6 Å². The number of aryl methyl sites for hydroxylation is 1. The molecule has 0 saturated carbocycles. The number of anilines is 1. The number of pyridine rings is 1. The van der Waals surface area contributed by atoms with Crippen LogP contribution in [0.1, 0.15) is 21.6 Å². The lowest BCUT2D eigenvalue weighted by atomic mass is 10.00. The Morgan fingerprint density at radius 2 is 1.88 bits per heavy atom. The summed E-state index contributed by atoms with van der Waals surface area (Å²) < 4.78 is 28.4. The lowest BCUT2D eigenvalue weighted by molar-refractivity contribution is 0.103. The van der Waals surface area contributed by atoms with Gasteiger partial charge >= 0.3 is 0 Å². The summed E-state index contributed by atoms with van der Waals surface area (Å²) in [6.45, 7) is 1.69. The monoisotopic (exact) mass is 488 g/mol. The van der Waals surface area contributed by atoms with Crippen LogP contribution in [-0.4, -0.2) is 39.8 Å². The van der Waals surface area contributed by atoms with Crippen LogP contribution >= 0.6 is 23.2 Å². The van der Waals surface area contributed by atoms with Crippen molar-refractivity contribution in [3.05, 3.63) is 81.6 Å². The third-order valence-electron chi connectivity index (χ3n) is 4.51. The van der Waals surface area contributed by atoms with Gasteiger partial charge in [-0.15, -0.1) is 10.2 Å². The molecule has 0 unspecified atom stereocenters. The van der Waals surface area contributed by atoms with Gasteiger partial charge in [0.1, 0.15) is 5.69 Å². The molecule has 2 N–H and O–H groups in total. The Hall–Kier alpha value is -3.34. The first-order valence-electron chi connectivity index (χ1n) is 9.08. The first-order valence-corrected chi connectivity index (χ1v) is 11.3. The number of benzene rings is 2. The molecule has 12 heteroatoms. The second-order valence-corrected chi connectivity index (χ2v) is 9.20. The molecule has 4 aromatic rings. The summed E-state index contributed by atoms with van der Waals surface area (Å²) >= 11 is 12.0. The Bertz CT molecular complexity index is 1430. The van der Waals surface area contributed by atoms with Gasteiger partial charge in [-0.1, -0.05) is 47.5 Å². The maximum atomic E-state index is 13.4. The molecule has 0 radical (unpaired) electrons. The van der Waals surface area contributed by atoms with Crippen LogP contribution in [0.3, 0.4) is 0 Å². The second-order valence-electron chi connectivity index (χ2n) is 6.68. The van der Waals surface area contributed by atoms with Gasteiger partial charge in [0, 0.05) is 22.3 Å². The molecule has 2 aromatic heterocycles. The van der Waals surface area contributed by atoms with Gasteiger partial charge in [0.15, 0.2) is 0 Å². The largest absolute Gasteiger partial charge is 0.287 e. The molecule has 0 bridgehead atoms. The SMILES string of the molecule is Cc1cc(S(=O)(=O)Nc2cc(Cl)cnc2C(=O)c2ccccc2-c2nn[nH]n2)ccc1Cl. The molecule has 0 amide bonds. The highest BCUT2D eigenvalue weighted by molar-refractivity contribution is 7.92. The minimum atomic E-state index is -4.06. The number of halogens is 2. The number of ketones is 1. The lowest BCUT2D eigenvalue weighted by Gasteiger charge is -2.13. The van der Waals surface area contributed by atoms with E-state index in [4.69, 9.17) is 23.2 Å². The van der Waals surface area contributed by atoms with Crippen molar-refractivity contribution in [2.75, 3.05) is 4.72 Å². The Labute approximate surface area is 192 Å². The number of carbonyl (C=O) groups excluding carboxylic acids is 1. The van der Waals surface area contributed by atoms with Crippen LogP contribution in [0.5, 0.6) is 0 Å². The average Bonchev–Trinajstić information content (AvgIpc) is 3.30. The summed E-state index contributed by atoms with van der Waals surface area (Å²) in [5.41, 5.74) is 0.998. The fourth-order valence-corrected chi connectivity index (χ4v) is 4.38. The van der Waals surface area contributed by atoms with Crippen LogP contribution in [-0.2, 0) is 10.0 Å². The van der Waals surface area contributed by atoms with Crippen molar-refractivity contribution < 1.29 is 13.2 Å². The number of aromatic nitrogens is 5. The molecule has 0 aliphatic heterocycles. The summed E-state index contributed by atoms with van der Waals surface area (Å²) in [6.07, 6.45) is 1.26. The van der Waals surface area contributed by atoms with E-state index in [2.05, 4.69) is 30.3 Å². The molecule has 2 heterocycles. The quantitative estimate of drug-likeness (QED) is 0.393. The minimum absolute atomic E-state index is 0.0232. The van der Waals surface area contributed by atoms with E-state index in [9.17, 15) is 13.2 Å². The fraction of sp³-hybridized carbons (Fsp3) is 0.0500. The molecular formula is C20H14Cl2N6O3S. The highest BCUT2D eigenvalue weighted by Gasteiger charge is 2.24. The highest BCUT2D eigenvalue weighted by Crippen LogP contribution is 2.28. The number of rotatable bonds is 6. The van der Waals surface area contributed by atoms with Crippen LogP contribution in [0.25, 0.3) is 11.4 Å². The van der Waals surface area contributed by atoms with E-state index >= 15 is 0 Å². The van der Waals surface area contributed by atoms with Gasteiger partial charge < -0.3 is 0 Å². The minimum Gasteiger partial charge on any atom is -0.287 e. The van der Waals surface area contributed by atoms with Crippen LogP contribution in [0.2, 0.25) is 10.0 Å². The number of nitrogens with one attached hydrogen (secondary N) is 2. The van der Waals surface area contributed by atoms with Crippen molar-refractivity contribution in [2.24, 2.45) is 0 Å². The molecule has 0 fully saturated rings. The van der Waals surface area contributed by atoms with E-state index in [0.29, 0.717) is 16.1 Å². The van der Waals surface area contributed by atoms with Crippen molar-refractivity contribution in [3.8, 4) is 11.4 Å². The summed E-state index contributed by atoms with van der Waals surface area (Å²) in [7, 11) is -4.06. The van der Waals surface area contributed by atoms with Gasteiger partial charge in [-0.05, 0) is 42.0 Å². The molecule has 2 aromatic carbocycles. The summed E-state index contributed by atoms with van der Waals surface area (Å²) in [5, 5.41) is 14.3. The van der Waals surface area contributed by atoms with Crippen molar-refractivity contribution >= 4 is 44.7 Å². The number of aromatic amines is 1. The maximum absolute atomic E-state index is 13.4. The first kappa shape index (κ1) is 21.9. The van der Waals surface area contributed by atoms with E-state index in [1.165, 1.54) is 30.5 Å². The van der Waals surface area contributed by atoms with Crippen LogP contribution < -0.4 is 4.72 Å². The van der Waals surface area contributed by atoms with Gasteiger partial charge in [-0.25, -0.2) is 13.4 Å². The smallest absolute Gasteiger partial charge is 0.261 e. The number of hydrogen-bond donors (Lipinski definition) is 2. The number of sulfonamides is 1. The molecule has 0 saturated heterocycles. The predicted molar refractivity (Wildman–Crippen MR) is 119 cm³/mol. The molecule has 0 aliphatic rings. The fourth-order valence-electron chi connectivity index (χ4n) is 2.97. The van der Waals surface area contributed by atoms with Crippen molar-refractivity contribution in [2.45, 2.75) is 11.8 Å². The topological polar surface area (TPSA) is 131 Å². The van der Waals surface area contributed by atoms with Crippen molar-refractivity contribution in [3.63, 3.8) is 0 Å². The Kier molecular flexibility index (Phi) is 5.92. The van der Waals surface area contributed by atoms with E-state index in [0.717, 1.165) is 0 Å². The second kappa shape index (κ2) is 8.65. The summed E-state index contributed by atoms with van der Waals surface area (Å²) in [6, 6.07) is 12.2. The Balaban J connectivity index is 1.77. The lowest BCUT2D eigenvalue weighted by Crippen LogP contribution is -2.17. The van der Waals surface area contributed by atoms with Crippen molar-refractivity contribution in [1.29, 1.82) is 0 Å². The molecule has 32 heavy (non-hydrogen) atoms. The third-order valence-corrected chi connectivity index (χ3v) is 6.51. The standard InChI is InChI=1S/C20H14Cl2N6O3S/c1-11-8-13(6-7-16(11)22)32(30,31)26-17-9-12(21)10-23-18(17)19(29)14-4-2-3-5-15(14)20-24-27-28-25-20/h2-10,26H,1H3,(H,24,25,27,28). The zero-order valence-electron chi connectivity index (χ0n) is 16.4. The van der Waals surface area contributed by atoms with E-state index in [-0.39, 0.29) is 32.7 Å². The number of tetrazole rings is 1. The number of hydrogen-bond acceptors (Lipinski definition) is 7. The first-order chi connectivity index (χ1) is 15.3. The molecule has 9 nitrogen and oxygen atoms in total. The average molecular weight is 489 g/mol. The van der Waals surface area contributed by atoms with E-state index in [1.54, 1.807) is 31.2 Å². The van der Waals surface area contributed by atoms with Crippen LogP contribution in [0, 0.1) is 6.92 Å². The summed E-state index contributed by atoms with van der Waals surface area (Å²) in [4.78, 5) is 17.4. The Morgan fingerprint density at radius 3 is 2.59 bits per heavy atom. The van der Waals surface area contributed by atoms with Crippen LogP contribution in [0.4, 0.5) is 5.69 Å². The molecule has 4 rings (SSSR count). The van der Waals surface area contributed by atoms with Gasteiger partial charge in [0.25, 0.3) is 10.0 Å². The molecule has 0 spiro atoms. The predicted octanol–water partition coefficient (Wildman–Crippen LogP) is 3.91. The molecule has 0 aliphatic carbocycles.